The maximum Gasteiger partial charge on any atom is 0.263 e. The molecule has 0 saturated heterocycles. The van der Waals surface area contributed by atoms with Gasteiger partial charge in [0.15, 0.2) is 10.4 Å². The molecule has 0 bridgehead atoms. The normalized spacial score (nSPS) is 10.8. The molecule has 0 radical (unpaired) electrons. The Balaban J connectivity index is 2.13. The highest BCUT2D eigenvalue weighted by molar-refractivity contribution is 9.10. The maximum absolute atomic E-state index is 5.50. The van der Waals surface area contributed by atoms with Gasteiger partial charge in [0.05, 0.1) is 6.20 Å². The fraction of sp³-hybridized carbons (Fsp3) is 0.300. The van der Waals surface area contributed by atoms with Crippen molar-refractivity contribution in [1.29, 1.82) is 0 Å². The van der Waals surface area contributed by atoms with Crippen LogP contribution in [0.25, 0.3) is 11.7 Å². The van der Waals surface area contributed by atoms with Crippen LogP contribution in [0.5, 0.6) is 0 Å². The monoisotopic (exact) mass is 270 g/mol. The van der Waals surface area contributed by atoms with Gasteiger partial charge in [0.1, 0.15) is 5.76 Å². The van der Waals surface area contributed by atoms with Gasteiger partial charge < -0.3 is 14.6 Å². The molecule has 0 spiro atoms. The SMILES string of the molecule is NCCCc1cnc(-c2ccc(Br)o2)o1. The molecule has 5 heteroatoms. The summed E-state index contributed by atoms with van der Waals surface area (Å²) in [6.45, 7) is 0.655. The first-order chi connectivity index (χ1) is 7.29. The van der Waals surface area contributed by atoms with Gasteiger partial charge in [0.2, 0.25) is 0 Å². The van der Waals surface area contributed by atoms with Crippen LogP contribution in [0.3, 0.4) is 0 Å². The van der Waals surface area contributed by atoms with Crippen molar-refractivity contribution in [2.45, 2.75) is 12.8 Å². The third kappa shape index (κ3) is 2.49. The van der Waals surface area contributed by atoms with E-state index in [1.807, 2.05) is 6.07 Å². The zero-order valence-electron chi connectivity index (χ0n) is 8.07. The van der Waals surface area contributed by atoms with Crippen LogP contribution in [0.15, 0.2) is 31.8 Å². The molecule has 0 aliphatic heterocycles. The van der Waals surface area contributed by atoms with E-state index in [0.29, 0.717) is 22.9 Å². The second-order valence-corrected chi connectivity index (χ2v) is 3.91. The van der Waals surface area contributed by atoms with Crippen molar-refractivity contribution < 1.29 is 8.83 Å². The molecule has 0 aliphatic carbocycles. The molecule has 2 heterocycles. The molecule has 0 unspecified atom stereocenters. The summed E-state index contributed by atoms with van der Waals surface area (Å²) in [5, 5.41) is 0. The fourth-order valence-electron chi connectivity index (χ4n) is 1.24. The number of hydrogen-bond donors (Lipinski definition) is 1. The number of aryl methyl sites for hydroxylation is 1. The van der Waals surface area contributed by atoms with Crippen LogP contribution in [0.1, 0.15) is 12.2 Å². The topological polar surface area (TPSA) is 65.2 Å². The van der Waals surface area contributed by atoms with E-state index in [0.717, 1.165) is 18.6 Å². The van der Waals surface area contributed by atoms with Crippen LogP contribution < -0.4 is 5.73 Å². The van der Waals surface area contributed by atoms with Gasteiger partial charge >= 0.3 is 0 Å². The van der Waals surface area contributed by atoms with E-state index < -0.39 is 0 Å². The predicted molar refractivity (Wildman–Crippen MR) is 59.3 cm³/mol. The molecule has 2 aromatic heterocycles. The summed E-state index contributed by atoms with van der Waals surface area (Å²) in [7, 11) is 0. The fourth-order valence-corrected chi connectivity index (χ4v) is 1.55. The predicted octanol–water partition coefficient (Wildman–Crippen LogP) is 2.59. The first-order valence-electron chi connectivity index (χ1n) is 4.70. The number of hydrogen-bond acceptors (Lipinski definition) is 4. The Labute approximate surface area is 95.6 Å². The van der Waals surface area contributed by atoms with Crippen molar-refractivity contribution in [2.24, 2.45) is 5.73 Å². The summed E-state index contributed by atoms with van der Waals surface area (Å²) in [4.78, 5) is 4.13. The number of oxazole rings is 1. The molecular formula is C10H11BrN2O2. The summed E-state index contributed by atoms with van der Waals surface area (Å²) >= 11 is 3.23. The zero-order valence-corrected chi connectivity index (χ0v) is 9.66. The molecule has 2 aromatic rings. The Hall–Kier alpha value is -1.07. The smallest absolute Gasteiger partial charge is 0.263 e. The van der Waals surface area contributed by atoms with Crippen LogP contribution in [0, 0.1) is 0 Å². The third-order valence-corrected chi connectivity index (χ3v) is 2.39. The van der Waals surface area contributed by atoms with Gasteiger partial charge in [0, 0.05) is 6.42 Å². The Kier molecular flexibility index (Phi) is 3.23. The van der Waals surface area contributed by atoms with E-state index in [9.17, 15) is 0 Å². The molecule has 4 nitrogen and oxygen atoms in total. The lowest BCUT2D eigenvalue weighted by molar-refractivity contribution is 0.476. The van der Waals surface area contributed by atoms with Crippen molar-refractivity contribution >= 4 is 15.9 Å². The van der Waals surface area contributed by atoms with Gasteiger partial charge in [-0.2, -0.15) is 0 Å². The molecule has 0 aromatic carbocycles. The minimum absolute atomic E-state index is 0.507. The summed E-state index contributed by atoms with van der Waals surface area (Å²) in [5.74, 6) is 1.97. The number of halogens is 1. The first-order valence-corrected chi connectivity index (χ1v) is 5.49. The lowest BCUT2D eigenvalue weighted by Crippen LogP contribution is -1.99. The minimum Gasteiger partial charge on any atom is -0.444 e. The summed E-state index contributed by atoms with van der Waals surface area (Å²) in [6.07, 6.45) is 3.42. The standard InChI is InChI=1S/C10H11BrN2O2/c11-9-4-3-8(15-9)10-13-6-7(14-10)2-1-5-12/h3-4,6H,1-2,5,12H2. The molecule has 0 amide bonds. The summed E-state index contributed by atoms with van der Waals surface area (Å²) in [5.41, 5.74) is 5.41. The van der Waals surface area contributed by atoms with Gasteiger partial charge in [-0.1, -0.05) is 0 Å². The van der Waals surface area contributed by atoms with Crippen LogP contribution in [0.4, 0.5) is 0 Å². The second-order valence-electron chi connectivity index (χ2n) is 3.13. The number of aromatic nitrogens is 1. The average molecular weight is 271 g/mol. The van der Waals surface area contributed by atoms with E-state index in [-0.39, 0.29) is 0 Å². The van der Waals surface area contributed by atoms with Crippen LogP contribution in [-0.2, 0) is 6.42 Å². The maximum atomic E-state index is 5.50. The van der Waals surface area contributed by atoms with E-state index in [1.54, 1.807) is 12.3 Å². The molecule has 0 atom stereocenters. The minimum atomic E-state index is 0.507. The molecule has 80 valence electrons. The van der Waals surface area contributed by atoms with Gasteiger partial charge in [-0.25, -0.2) is 4.98 Å². The first kappa shape index (κ1) is 10.4. The molecule has 2 N–H and O–H groups in total. The largest absolute Gasteiger partial charge is 0.444 e. The number of rotatable bonds is 4. The van der Waals surface area contributed by atoms with Crippen molar-refractivity contribution in [1.82, 2.24) is 4.98 Å². The lowest BCUT2D eigenvalue weighted by Gasteiger charge is -1.91. The molecule has 2 rings (SSSR count). The molecule has 0 saturated carbocycles. The second kappa shape index (κ2) is 4.63. The Bertz CT molecular complexity index is 436. The quantitative estimate of drug-likeness (QED) is 0.928. The Morgan fingerprint density at radius 3 is 2.87 bits per heavy atom. The van der Waals surface area contributed by atoms with E-state index in [2.05, 4.69) is 20.9 Å². The zero-order chi connectivity index (χ0) is 10.7. The van der Waals surface area contributed by atoms with E-state index in [4.69, 9.17) is 14.6 Å². The number of nitrogens with zero attached hydrogens (tertiary/aromatic N) is 1. The Morgan fingerprint density at radius 2 is 2.20 bits per heavy atom. The lowest BCUT2D eigenvalue weighted by atomic mass is 10.3. The molecule has 15 heavy (non-hydrogen) atoms. The number of nitrogens with two attached hydrogens (primary N) is 1. The average Bonchev–Trinajstić information content (AvgIpc) is 2.83. The van der Waals surface area contributed by atoms with Crippen molar-refractivity contribution in [3.63, 3.8) is 0 Å². The molecule has 0 fully saturated rings. The van der Waals surface area contributed by atoms with Crippen molar-refractivity contribution in [3.05, 3.63) is 28.8 Å². The van der Waals surface area contributed by atoms with Gasteiger partial charge in [0.25, 0.3) is 5.89 Å². The molecular weight excluding hydrogens is 260 g/mol. The van der Waals surface area contributed by atoms with Crippen LogP contribution in [-0.4, -0.2) is 11.5 Å². The van der Waals surface area contributed by atoms with Gasteiger partial charge in [-0.15, -0.1) is 0 Å². The van der Waals surface area contributed by atoms with Gasteiger partial charge in [-0.05, 0) is 41.0 Å². The highest BCUT2D eigenvalue weighted by atomic mass is 79.9. The number of furan rings is 1. The van der Waals surface area contributed by atoms with Crippen molar-refractivity contribution in [2.75, 3.05) is 6.54 Å². The summed E-state index contributed by atoms with van der Waals surface area (Å²) < 4.78 is 11.5. The third-order valence-electron chi connectivity index (χ3n) is 1.96. The summed E-state index contributed by atoms with van der Waals surface area (Å²) in [6, 6.07) is 3.61. The highest BCUT2D eigenvalue weighted by Gasteiger charge is 2.09. The van der Waals surface area contributed by atoms with E-state index >= 15 is 0 Å². The van der Waals surface area contributed by atoms with E-state index in [1.165, 1.54) is 0 Å². The molecule has 0 aliphatic rings. The van der Waals surface area contributed by atoms with Crippen LogP contribution in [0.2, 0.25) is 0 Å². The Morgan fingerprint density at radius 1 is 1.33 bits per heavy atom. The van der Waals surface area contributed by atoms with Crippen LogP contribution >= 0.6 is 15.9 Å². The highest BCUT2D eigenvalue weighted by Crippen LogP contribution is 2.24. The van der Waals surface area contributed by atoms with Crippen molar-refractivity contribution in [3.8, 4) is 11.7 Å². The van der Waals surface area contributed by atoms with Gasteiger partial charge in [-0.3, -0.25) is 0 Å².